The maximum Gasteiger partial charge on any atom is 0.248 e. The normalized spacial score (nSPS) is 13.1. The van der Waals surface area contributed by atoms with Crippen LogP contribution < -0.4 is 19.3 Å². The van der Waals surface area contributed by atoms with Crippen LogP contribution in [0.1, 0.15) is 66.0 Å². The number of nitrogens with zero attached hydrogens (tertiary/aromatic N) is 4. The van der Waals surface area contributed by atoms with Gasteiger partial charge in [0.1, 0.15) is 24.6 Å². The van der Waals surface area contributed by atoms with Crippen LogP contribution in [-0.4, -0.2) is 78.4 Å². The number of fused-ring (bicyclic) bond motifs is 2. The average molecular weight is 865 g/mol. The summed E-state index contributed by atoms with van der Waals surface area (Å²) in [4.78, 5) is 38.1. The van der Waals surface area contributed by atoms with Gasteiger partial charge in [-0.1, -0.05) is 122 Å². The average Bonchev–Trinajstić information content (AvgIpc) is 3.55. The molecule has 2 aliphatic rings. The minimum Gasteiger partial charge on any atom is -0.496 e. The van der Waals surface area contributed by atoms with Gasteiger partial charge >= 0.3 is 0 Å². The molecule has 0 bridgehead atoms. The van der Waals surface area contributed by atoms with Crippen molar-refractivity contribution >= 4 is 34.6 Å². The van der Waals surface area contributed by atoms with Gasteiger partial charge in [0.15, 0.2) is 0 Å². The highest BCUT2D eigenvalue weighted by molar-refractivity contribution is 6.21. The van der Waals surface area contributed by atoms with Crippen molar-refractivity contribution in [2.75, 3.05) is 64.9 Å². The lowest BCUT2D eigenvalue weighted by Crippen LogP contribution is -2.27. The predicted molar refractivity (Wildman–Crippen MR) is 264 cm³/mol. The van der Waals surface area contributed by atoms with Crippen LogP contribution >= 0.6 is 0 Å². The summed E-state index contributed by atoms with van der Waals surface area (Å²) in [7, 11) is 8.62. The third kappa shape index (κ3) is 10.7. The molecule has 330 valence electrons. The molecule has 0 unspecified atom stereocenters. The van der Waals surface area contributed by atoms with Crippen molar-refractivity contribution in [3.8, 4) is 45.6 Å². The van der Waals surface area contributed by atoms with E-state index in [1.807, 2.05) is 72.8 Å². The first-order chi connectivity index (χ1) is 31.7. The molecule has 2 heterocycles. The number of likely N-dealkylation sites (N-methyl/N-ethyl adjacent to an activating group) is 2. The zero-order valence-corrected chi connectivity index (χ0v) is 38.2. The molecule has 0 fully saturated rings. The van der Waals surface area contributed by atoms with Crippen LogP contribution in [0.5, 0.6) is 11.5 Å². The fraction of sp³-hybridized carbons (Fsp3) is 0.250. The van der Waals surface area contributed by atoms with Gasteiger partial charge in [0.2, 0.25) is 11.8 Å². The number of benzene rings is 6. The van der Waals surface area contributed by atoms with E-state index < -0.39 is 0 Å². The lowest BCUT2D eigenvalue weighted by Gasteiger charge is -2.21. The zero-order chi connectivity index (χ0) is 45.7. The number of unbranched alkanes of at least 4 members (excludes halogenated alkanes) is 2. The molecule has 65 heavy (non-hydrogen) atoms. The van der Waals surface area contributed by atoms with Crippen LogP contribution in [0.25, 0.3) is 22.3 Å². The minimum absolute atomic E-state index is 0.0491. The molecule has 0 aromatic heterocycles. The van der Waals surface area contributed by atoms with Gasteiger partial charge in [-0.15, -0.1) is 0 Å². The van der Waals surface area contributed by atoms with Gasteiger partial charge in [0.25, 0.3) is 0 Å². The number of hydrogen-bond acceptors (Lipinski definition) is 7. The van der Waals surface area contributed by atoms with Gasteiger partial charge in [0, 0.05) is 85.3 Å². The van der Waals surface area contributed by atoms with Crippen molar-refractivity contribution in [2.24, 2.45) is 9.98 Å². The number of aliphatic imine (C=N–C) groups is 2. The molecule has 8 rings (SSSR count). The van der Waals surface area contributed by atoms with E-state index in [1.165, 1.54) is 5.56 Å². The number of hydrogen-bond donors (Lipinski definition) is 0. The largest absolute Gasteiger partial charge is 0.496 e. The third-order valence-electron chi connectivity index (χ3n) is 11.6. The maximum atomic E-state index is 12.7. The number of carbonyl (C=O) groups excluding carboxylic acids is 2. The smallest absolute Gasteiger partial charge is 0.248 e. The predicted octanol–water partition coefficient (Wildman–Crippen LogP) is 10.5. The molecule has 6 aromatic carbocycles. The molecule has 2 amide bonds. The molecular weight excluding hydrogens is 809 g/mol. The molecule has 2 aliphatic heterocycles. The van der Waals surface area contributed by atoms with Gasteiger partial charge in [-0.25, -0.2) is 0 Å². The summed E-state index contributed by atoms with van der Waals surface area (Å²) in [5.74, 6) is 7.81. The molecule has 0 N–H and O–H groups in total. The molecule has 0 saturated heterocycles. The van der Waals surface area contributed by atoms with E-state index in [4.69, 9.17) is 24.2 Å². The standard InChI is InChI=1S/C29H28N2O2.C27H28N2O3/c1-4-5-6-8-11-21-14-16-23(17-15-21)29-25-18-24(22-12-9-7-10-13-22)27(33-3)19-26(25)31(2)28(32)20-30-29;1-29-24-17-25(32-3)22(20-9-5-4-6-10-20)16-23(24)27(28-18-26(29)30)21-13-11-19(12-14-21)8-7-15-31-2/h7,9-10,12-19H,4-6,20H2,1-3H3;4-6,9-14,16-17H,7-8,15,18H2,1-3H3. The molecular formula is C56H56N4O5. The van der Waals surface area contributed by atoms with Crippen molar-refractivity contribution in [3.63, 3.8) is 0 Å². The summed E-state index contributed by atoms with van der Waals surface area (Å²) in [5.41, 5.74) is 13.3. The lowest BCUT2D eigenvalue weighted by molar-refractivity contribution is -0.117. The molecule has 0 spiro atoms. The number of methoxy groups -OCH3 is 3. The third-order valence-corrected chi connectivity index (χ3v) is 11.6. The van der Waals surface area contributed by atoms with Crippen molar-refractivity contribution in [2.45, 2.75) is 39.0 Å². The fourth-order valence-electron chi connectivity index (χ4n) is 7.93. The number of anilines is 2. The Kier molecular flexibility index (Phi) is 15.4. The Morgan fingerprint density at radius 2 is 1.05 bits per heavy atom. The summed E-state index contributed by atoms with van der Waals surface area (Å²) in [6.45, 7) is 3.13. The maximum absolute atomic E-state index is 12.7. The van der Waals surface area contributed by atoms with Crippen LogP contribution in [0.2, 0.25) is 0 Å². The Balaban J connectivity index is 0.000000194. The highest BCUT2D eigenvalue weighted by atomic mass is 16.5. The Morgan fingerprint density at radius 3 is 1.49 bits per heavy atom. The molecule has 9 heteroatoms. The lowest BCUT2D eigenvalue weighted by atomic mass is 9.94. The second-order valence-electron chi connectivity index (χ2n) is 15.9. The van der Waals surface area contributed by atoms with E-state index >= 15 is 0 Å². The Morgan fingerprint density at radius 1 is 0.569 bits per heavy atom. The van der Waals surface area contributed by atoms with Crippen LogP contribution in [0.4, 0.5) is 11.4 Å². The van der Waals surface area contributed by atoms with E-state index in [9.17, 15) is 9.59 Å². The topological polar surface area (TPSA) is 93.0 Å². The van der Waals surface area contributed by atoms with Crippen molar-refractivity contribution in [3.05, 3.63) is 167 Å². The van der Waals surface area contributed by atoms with E-state index in [0.29, 0.717) is 0 Å². The van der Waals surface area contributed by atoms with E-state index in [0.717, 1.165) is 123 Å². The SMILES string of the molecule is CCCCC#Cc1ccc(C2=NCC(=O)N(C)c3cc(OC)c(-c4ccccc4)cc32)cc1.COCCCc1ccc(C2=NCC(=O)N(C)c3cc(OC)c(-c4ccccc4)cc32)cc1. The summed E-state index contributed by atoms with van der Waals surface area (Å²) in [6.07, 6.45) is 5.13. The number of amides is 2. The van der Waals surface area contributed by atoms with Gasteiger partial charge in [-0.2, -0.15) is 0 Å². The number of ether oxygens (including phenoxy) is 3. The Hall–Kier alpha value is -7.28. The fourth-order valence-corrected chi connectivity index (χ4v) is 7.93. The van der Waals surface area contributed by atoms with Gasteiger partial charge in [-0.05, 0) is 60.2 Å². The summed E-state index contributed by atoms with van der Waals surface area (Å²) in [6, 6.07) is 44.8. The van der Waals surface area contributed by atoms with Crippen LogP contribution in [-0.2, 0) is 20.7 Å². The molecule has 0 atom stereocenters. The first-order valence-corrected chi connectivity index (χ1v) is 22.1. The van der Waals surface area contributed by atoms with E-state index in [2.05, 4.69) is 79.4 Å². The molecule has 0 radical (unpaired) electrons. The molecule has 0 aliphatic carbocycles. The summed E-state index contributed by atoms with van der Waals surface area (Å²) in [5, 5.41) is 0. The van der Waals surface area contributed by atoms with Crippen LogP contribution in [0.15, 0.2) is 143 Å². The number of rotatable bonds is 12. The molecule has 6 aromatic rings. The minimum atomic E-state index is -0.0563. The number of carbonyl (C=O) groups is 2. The van der Waals surface area contributed by atoms with Crippen LogP contribution in [0, 0.1) is 11.8 Å². The van der Waals surface area contributed by atoms with Crippen molar-refractivity contribution in [1.29, 1.82) is 0 Å². The molecule has 9 nitrogen and oxygen atoms in total. The van der Waals surface area contributed by atoms with Gasteiger partial charge < -0.3 is 24.0 Å². The number of aryl methyl sites for hydroxylation is 1. The second kappa shape index (κ2) is 21.9. The first-order valence-electron chi connectivity index (χ1n) is 22.1. The van der Waals surface area contributed by atoms with Crippen molar-refractivity contribution < 1.29 is 23.8 Å². The van der Waals surface area contributed by atoms with Crippen molar-refractivity contribution in [1.82, 2.24) is 0 Å². The summed E-state index contributed by atoms with van der Waals surface area (Å²) >= 11 is 0. The highest BCUT2D eigenvalue weighted by Gasteiger charge is 2.27. The van der Waals surface area contributed by atoms with Crippen LogP contribution in [0.3, 0.4) is 0 Å². The Bertz CT molecular complexity index is 2730. The van der Waals surface area contributed by atoms with Gasteiger partial charge in [0.05, 0.1) is 37.0 Å². The highest BCUT2D eigenvalue weighted by Crippen LogP contribution is 2.40. The monoisotopic (exact) mass is 864 g/mol. The Labute approximate surface area is 383 Å². The molecule has 0 saturated carbocycles. The number of benzodiazepines with no additional fused rings is 2. The summed E-state index contributed by atoms with van der Waals surface area (Å²) < 4.78 is 16.6. The van der Waals surface area contributed by atoms with E-state index in [-0.39, 0.29) is 24.9 Å². The second-order valence-corrected chi connectivity index (χ2v) is 15.9. The quantitative estimate of drug-likeness (QED) is 0.0902. The zero-order valence-electron chi connectivity index (χ0n) is 38.2. The van der Waals surface area contributed by atoms with E-state index in [1.54, 1.807) is 45.2 Å². The van der Waals surface area contributed by atoms with Gasteiger partial charge in [-0.3, -0.25) is 19.6 Å². The first kappa shape index (κ1) is 45.7.